The molecule has 3 rings (SSSR count). The summed E-state index contributed by atoms with van der Waals surface area (Å²) in [7, 11) is 0. The topological polar surface area (TPSA) is 43.8 Å². The Hall–Kier alpha value is -2.20. The molecule has 0 bridgehead atoms. The van der Waals surface area contributed by atoms with E-state index in [0.717, 1.165) is 11.0 Å². The molecule has 3 nitrogen and oxygen atoms in total. The third-order valence-electron chi connectivity index (χ3n) is 2.91. The third kappa shape index (κ3) is 1.58. The van der Waals surface area contributed by atoms with Crippen LogP contribution in [0, 0.1) is 5.82 Å². The van der Waals surface area contributed by atoms with Gasteiger partial charge >= 0.3 is 0 Å². The van der Waals surface area contributed by atoms with Crippen LogP contribution in [0.25, 0.3) is 16.7 Å². The van der Waals surface area contributed by atoms with Crippen molar-refractivity contribution in [3.05, 3.63) is 60.2 Å². The van der Waals surface area contributed by atoms with Crippen LogP contribution < -0.4 is 5.73 Å². The van der Waals surface area contributed by atoms with Crippen molar-refractivity contribution in [3.63, 3.8) is 0 Å². The summed E-state index contributed by atoms with van der Waals surface area (Å²) in [6.45, 7) is 0.267. The maximum Gasteiger partial charge on any atom is 0.147 e. The number of aromatic nitrogens is 2. The van der Waals surface area contributed by atoms with E-state index in [1.54, 1.807) is 22.8 Å². The molecule has 90 valence electrons. The van der Waals surface area contributed by atoms with E-state index < -0.39 is 0 Å². The number of para-hydroxylation sites is 3. The van der Waals surface area contributed by atoms with E-state index in [2.05, 4.69) is 4.98 Å². The zero-order chi connectivity index (χ0) is 12.5. The molecule has 3 aromatic rings. The fourth-order valence-corrected chi connectivity index (χ4v) is 2.11. The molecule has 0 amide bonds. The quantitative estimate of drug-likeness (QED) is 0.749. The fourth-order valence-electron chi connectivity index (χ4n) is 2.11. The van der Waals surface area contributed by atoms with Gasteiger partial charge in [0.15, 0.2) is 0 Å². The number of fused-ring (bicyclic) bond motifs is 1. The highest BCUT2D eigenvalue weighted by atomic mass is 19.1. The summed E-state index contributed by atoms with van der Waals surface area (Å²) in [5.41, 5.74) is 7.86. The van der Waals surface area contributed by atoms with Crippen LogP contribution in [0.4, 0.5) is 4.39 Å². The molecule has 18 heavy (non-hydrogen) atoms. The van der Waals surface area contributed by atoms with Crippen molar-refractivity contribution < 1.29 is 4.39 Å². The smallest absolute Gasteiger partial charge is 0.147 e. The molecule has 1 aromatic heterocycles. The Morgan fingerprint density at radius 2 is 1.78 bits per heavy atom. The Balaban J connectivity index is 2.37. The van der Waals surface area contributed by atoms with Gasteiger partial charge in [-0.15, -0.1) is 0 Å². The zero-order valence-electron chi connectivity index (χ0n) is 9.68. The number of imidazole rings is 1. The van der Waals surface area contributed by atoms with Crippen LogP contribution in [0.5, 0.6) is 0 Å². The standard InChI is InChI=1S/C14H12FN3/c15-10-5-1-3-7-12(10)18-13-8-4-2-6-11(13)17-14(18)9-16/h1-8H,9,16H2. The Kier molecular flexibility index (Phi) is 2.57. The minimum absolute atomic E-state index is 0.267. The summed E-state index contributed by atoms with van der Waals surface area (Å²) in [5.74, 6) is 0.372. The second-order valence-corrected chi connectivity index (χ2v) is 4.01. The Labute approximate surface area is 104 Å². The lowest BCUT2D eigenvalue weighted by Gasteiger charge is -2.08. The van der Waals surface area contributed by atoms with Gasteiger partial charge in [-0.05, 0) is 24.3 Å². The summed E-state index contributed by atoms with van der Waals surface area (Å²) in [6, 6.07) is 14.2. The molecule has 0 unspecified atom stereocenters. The highest BCUT2D eigenvalue weighted by molar-refractivity contribution is 5.78. The van der Waals surface area contributed by atoms with Gasteiger partial charge in [0, 0.05) is 0 Å². The van der Waals surface area contributed by atoms with Crippen LogP contribution in [0.15, 0.2) is 48.5 Å². The summed E-state index contributed by atoms with van der Waals surface area (Å²) < 4.78 is 15.7. The molecule has 0 aliphatic carbocycles. The second kappa shape index (κ2) is 4.23. The lowest BCUT2D eigenvalue weighted by Crippen LogP contribution is -2.08. The number of halogens is 1. The van der Waals surface area contributed by atoms with E-state index in [4.69, 9.17) is 5.73 Å². The normalized spacial score (nSPS) is 11.0. The molecule has 0 saturated heterocycles. The van der Waals surface area contributed by atoms with Crippen molar-refractivity contribution in [2.45, 2.75) is 6.54 Å². The van der Waals surface area contributed by atoms with Crippen molar-refractivity contribution >= 4 is 11.0 Å². The molecular formula is C14H12FN3. The van der Waals surface area contributed by atoms with E-state index in [1.807, 2.05) is 24.3 Å². The van der Waals surface area contributed by atoms with Gasteiger partial charge in [-0.2, -0.15) is 0 Å². The van der Waals surface area contributed by atoms with Gasteiger partial charge in [0.05, 0.1) is 23.3 Å². The minimum Gasteiger partial charge on any atom is -0.324 e. The molecule has 0 aliphatic rings. The predicted octanol–water partition coefficient (Wildman–Crippen LogP) is 2.62. The van der Waals surface area contributed by atoms with E-state index in [1.165, 1.54) is 6.07 Å². The van der Waals surface area contributed by atoms with Crippen LogP contribution in [-0.4, -0.2) is 9.55 Å². The van der Waals surface area contributed by atoms with Gasteiger partial charge in [-0.3, -0.25) is 4.57 Å². The highest BCUT2D eigenvalue weighted by Crippen LogP contribution is 2.22. The summed E-state index contributed by atoms with van der Waals surface area (Å²) in [5, 5.41) is 0. The lowest BCUT2D eigenvalue weighted by molar-refractivity contribution is 0.616. The first-order chi connectivity index (χ1) is 8.81. The Bertz CT molecular complexity index is 703. The third-order valence-corrected chi connectivity index (χ3v) is 2.91. The molecule has 0 spiro atoms. The average Bonchev–Trinajstić information content (AvgIpc) is 2.78. The maximum atomic E-state index is 13.9. The van der Waals surface area contributed by atoms with E-state index in [0.29, 0.717) is 11.5 Å². The molecule has 2 N–H and O–H groups in total. The molecule has 0 atom stereocenters. The van der Waals surface area contributed by atoms with E-state index in [9.17, 15) is 4.39 Å². The molecule has 4 heteroatoms. The SMILES string of the molecule is NCc1nc2ccccc2n1-c1ccccc1F. The molecule has 2 aromatic carbocycles. The number of nitrogens with zero attached hydrogens (tertiary/aromatic N) is 2. The number of rotatable bonds is 2. The molecular weight excluding hydrogens is 229 g/mol. The lowest BCUT2D eigenvalue weighted by atomic mass is 10.2. The van der Waals surface area contributed by atoms with Crippen LogP contribution in [0.2, 0.25) is 0 Å². The first-order valence-corrected chi connectivity index (χ1v) is 5.72. The first-order valence-electron chi connectivity index (χ1n) is 5.72. The molecule has 0 radical (unpaired) electrons. The largest absolute Gasteiger partial charge is 0.324 e. The zero-order valence-corrected chi connectivity index (χ0v) is 9.68. The minimum atomic E-state index is -0.282. The summed E-state index contributed by atoms with van der Waals surface area (Å²) in [6.07, 6.45) is 0. The molecule has 0 aliphatic heterocycles. The van der Waals surface area contributed by atoms with Crippen molar-refractivity contribution in [1.29, 1.82) is 0 Å². The van der Waals surface area contributed by atoms with Gasteiger partial charge in [0.25, 0.3) is 0 Å². The van der Waals surface area contributed by atoms with Crippen LogP contribution >= 0.6 is 0 Å². The van der Waals surface area contributed by atoms with Crippen molar-refractivity contribution in [2.24, 2.45) is 5.73 Å². The molecule has 0 fully saturated rings. The molecule has 1 heterocycles. The maximum absolute atomic E-state index is 13.9. The van der Waals surface area contributed by atoms with Crippen molar-refractivity contribution in [3.8, 4) is 5.69 Å². The van der Waals surface area contributed by atoms with Crippen molar-refractivity contribution in [2.75, 3.05) is 0 Å². The monoisotopic (exact) mass is 241 g/mol. The highest BCUT2D eigenvalue weighted by Gasteiger charge is 2.13. The predicted molar refractivity (Wildman–Crippen MR) is 68.9 cm³/mol. The molecule has 0 saturated carbocycles. The number of nitrogens with two attached hydrogens (primary N) is 1. The van der Waals surface area contributed by atoms with Crippen LogP contribution in [0.3, 0.4) is 0 Å². The van der Waals surface area contributed by atoms with Gasteiger partial charge in [0.2, 0.25) is 0 Å². The van der Waals surface area contributed by atoms with Gasteiger partial charge in [-0.25, -0.2) is 9.37 Å². The van der Waals surface area contributed by atoms with E-state index >= 15 is 0 Å². The Morgan fingerprint density at radius 1 is 1.06 bits per heavy atom. The summed E-state index contributed by atoms with van der Waals surface area (Å²) >= 11 is 0. The first kappa shape index (κ1) is 10.9. The van der Waals surface area contributed by atoms with Gasteiger partial charge < -0.3 is 5.73 Å². The van der Waals surface area contributed by atoms with Crippen LogP contribution in [-0.2, 0) is 6.54 Å². The number of benzene rings is 2. The second-order valence-electron chi connectivity index (χ2n) is 4.01. The summed E-state index contributed by atoms with van der Waals surface area (Å²) in [4.78, 5) is 4.42. The van der Waals surface area contributed by atoms with Crippen LogP contribution in [0.1, 0.15) is 5.82 Å². The van der Waals surface area contributed by atoms with Gasteiger partial charge in [0.1, 0.15) is 11.6 Å². The average molecular weight is 241 g/mol. The fraction of sp³-hybridized carbons (Fsp3) is 0.0714. The number of hydrogen-bond acceptors (Lipinski definition) is 2. The van der Waals surface area contributed by atoms with E-state index in [-0.39, 0.29) is 12.4 Å². The van der Waals surface area contributed by atoms with Crippen molar-refractivity contribution in [1.82, 2.24) is 9.55 Å². The number of hydrogen-bond donors (Lipinski definition) is 1. The Morgan fingerprint density at radius 3 is 2.56 bits per heavy atom. The van der Waals surface area contributed by atoms with Gasteiger partial charge in [-0.1, -0.05) is 24.3 Å².